The van der Waals surface area contributed by atoms with Crippen LogP contribution in [0, 0.1) is 5.92 Å². The van der Waals surface area contributed by atoms with Crippen LogP contribution in [0.15, 0.2) is 43.0 Å². The number of amides is 1. The van der Waals surface area contributed by atoms with Gasteiger partial charge in [0.2, 0.25) is 0 Å². The first kappa shape index (κ1) is 16.7. The standard InChI is InChI=1S/C20H27N3O/c1-20(2,3)18-6-4-17(5-7-18)19(24)23-11-8-16(9-12-23)14-22-13-10-21-15-22/h4-7,10,13,15-16H,8-9,11-12,14H2,1-3H3. The van der Waals surface area contributed by atoms with E-state index in [1.54, 1.807) is 0 Å². The van der Waals surface area contributed by atoms with Crippen molar-refractivity contribution in [1.82, 2.24) is 14.5 Å². The fourth-order valence-corrected chi connectivity index (χ4v) is 3.31. The van der Waals surface area contributed by atoms with Crippen molar-refractivity contribution in [2.24, 2.45) is 5.92 Å². The second-order valence-corrected chi connectivity index (χ2v) is 7.82. The smallest absolute Gasteiger partial charge is 0.253 e. The fraction of sp³-hybridized carbons (Fsp3) is 0.500. The van der Waals surface area contributed by atoms with E-state index < -0.39 is 0 Å². The average molecular weight is 325 g/mol. The van der Waals surface area contributed by atoms with Gasteiger partial charge in [-0.3, -0.25) is 4.79 Å². The molecule has 0 saturated carbocycles. The number of carbonyl (C=O) groups is 1. The highest BCUT2D eigenvalue weighted by Gasteiger charge is 2.24. The minimum Gasteiger partial charge on any atom is -0.339 e. The summed E-state index contributed by atoms with van der Waals surface area (Å²) >= 11 is 0. The van der Waals surface area contributed by atoms with Crippen molar-refractivity contribution < 1.29 is 4.79 Å². The van der Waals surface area contributed by atoms with Gasteiger partial charge in [-0.05, 0) is 41.9 Å². The molecule has 4 nitrogen and oxygen atoms in total. The van der Waals surface area contributed by atoms with Gasteiger partial charge in [0.05, 0.1) is 6.33 Å². The van der Waals surface area contributed by atoms with Gasteiger partial charge in [0, 0.05) is 37.6 Å². The Balaban J connectivity index is 1.57. The van der Waals surface area contributed by atoms with Gasteiger partial charge in [-0.15, -0.1) is 0 Å². The quantitative estimate of drug-likeness (QED) is 0.862. The number of aromatic nitrogens is 2. The van der Waals surface area contributed by atoms with Crippen molar-refractivity contribution in [3.63, 3.8) is 0 Å². The normalized spacial score (nSPS) is 16.4. The van der Waals surface area contributed by atoms with Crippen molar-refractivity contribution in [3.8, 4) is 0 Å². The van der Waals surface area contributed by atoms with Gasteiger partial charge in [0.25, 0.3) is 5.91 Å². The van der Waals surface area contributed by atoms with E-state index in [-0.39, 0.29) is 11.3 Å². The number of hydrogen-bond donors (Lipinski definition) is 0. The molecule has 2 heterocycles. The largest absolute Gasteiger partial charge is 0.339 e. The Labute approximate surface area is 144 Å². The number of likely N-dealkylation sites (tertiary alicyclic amines) is 1. The zero-order chi connectivity index (χ0) is 17.2. The van der Waals surface area contributed by atoms with Crippen LogP contribution in [0.5, 0.6) is 0 Å². The summed E-state index contributed by atoms with van der Waals surface area (Å²) in [6.07, 6.45) is 7.82. The number of rotatable bonds is 3. The Hall–Kier alpha value is -2.10. The lowest BCUT2D eigenvalue weighted by atomic mass is 9.86. The lowest BCUT2D eigenvalue weighted by Gasteiger charge is -2.32. The first-order chi connectivity index (χ1) is 11.4. The summed E-state index contributed by atoms with van der Waals surface area (Å²) in [5, 5.41) is 0. The van der Waals surface area contributed by atoms with E-state index in [0.717, 1.165) is 38.0 Å². The minimum atomic E-state index is 0.118. The molecule has 1 aliphatic heterocycles. The van der Waals surface area contributed by atoms with E-state index in [0.29, 0.717) is 5.92 Å². The molecule has 2 aromatic rings. The molecule has 0 aliphatic carbocycles. The highest BCUT2D eigenvalue weighted by atomic mass is 16.2. The molecular weight excluding hydrogens is 298 g/mol. The molecule has 0 N–H and O–H groups in total. The van der Waals surface area contributed by atoms with Gasteiger partial charge in [-0.25, -0.2) is 4.98 Å². The zero-order valence-electron chi connectivity index (χ0n) is 14.9. The topological polar surface area (TPSA) is 38.1 Å². The minimum absolute atomic E-state index is 0.118. The van der Waals surface area contributed by atoms with Crippen LogP contribution >= 0.6 is 0 Å². The van der Waals surface area contributed by atoms with Gasteiger partial charge in [-0.1, -0.05) is 32.9 Å². The third-order valence-corrected chi connectivity index (χ3v) is 4.93. The molecule has 4 heteroatoms. The molecule has 1 fully saturated rings. The molecule has 24 heavy (non-hydrogen) atoms. The monoisotopic (exact) mass is 325 g/mol. The Morgan fingerprint density at radius 3 is 2.38 bits per heavy atom. The van der Waals surface area contributed by atoms with Crippen LogP contribution in [0.2, 0.25) is 0 Å². The summed E-state index contributed by atoms with van der Waals surface area (Å²) in [6.45, 7) is 9.26. The Morgan fingerprint density at radius 2 is 1.83 bits per heavy atom. The molecule has 3 rings (SSSR count). The summed E-state index contributed by atoms with van der Waals surface area (Å²) in [5.41, 5.74) is 2.18. The van der Waals surface area contributed by atoms with E-state index in [2.05, 4.69) is 42.5 Å². The Kier molecular flexibility index (Phi) is 4.74. The molecule has 1 aromatic carbocycles. The van der Waals surface area contributed by atoms with Crippen molar-refractivity contribution in [2.75, 3.05) is 13.1 Å². The molecule has 0 unspecified atom stereocenters. The fourth-order valence-electron chi connectivity index (χ4n) is 3.31. The van der Waals surface area contributed by atoms with Gasteiger partial charge in [0.15, 0.2) is 0 Å². The third-order valence-electron chi connectivity index (χ3n) is 4.93. The highest BCUT2D eigenvalue weighted by Crippen LogP contribution is 2.24. The molecule has 1 saturated heterocycles. The molecule has 1 aliphatic rings. The second kappa shape index (κ2) is 6.80. The maximum absolute atomic E-state index is 12.7. The summed E-state index contributed by atoms with van der Waals surface area (Å²) in [7, 11) is 0. The molecule has 0 bridgehead atoms. The molecule has 0 atom stereocenters. The highest BCUT2D eigenvalue weighted by molar-refractivity contribution is 5.94. The number of hydrogen-bond acceptors (Lipinski definition) is 2. The summed E-state index contributed by atoms with van der Waals surface area (Å²) in [5.74, 6) is 0.794. The van der Waals surface area contributed by atoms with Gasteiger partial charge < -0.3 is 9.47 Å². The zero-order valence-corrected chi connectivity index (χ0v) is 14.9. The first-order valence-electron chi connectivity index (χ1n) is 8.79. The van der Waals surface area contributed by atoms with E-state index in [4.69, 9.17) is 0 Å². The SMILES string of the molecule is CC(C)(C)c1ccc(C(=O)N2CCC(Cn3ccnc3)CC2)cc1. The van der Waals surface area contributed by atoms with Crippen LogP contribution in [0.3, 0.4) is 0 Å². The van der Waals surface area contributed by atoms with Crippen LogP contribution in [0.1, 0.15) is 49.5 Å². The summed E-state index contributed by atoms with van der Waals surface area (Å²) in [4.78, 5) is 18.8. The number of imidazole rings is 1. The summed E-state index contributed by atoms with van der Waals surface area (Å²) in [6, 6.07) is 8.11. The molecule has 0 radical (unpaired) electrons. The predicted molar refractivity (Wildman–Crippen MR) is 96.0 cm³/mol. The van der Waals surface area contributed by atoms with Crippen LogP contribution in [-0.2, 0) is 12.0 Å². The lowest BCUT2D eigenvalue weighted by molar-refractivity contribution is 0.0683. The maximum Gasteiger partial charge on any atom is 0.253 e. The second-order valence-electron chi connectivity index (χ2n) is 7.82. The summed E-state index contributed by atoms with van der Waals surface area (Å²) < 4.78 is 2.13. The number of nitrogens with zero attached hydrogens (tertiary/aromatic N) is 3. The van der Waals surface area contributed by atoms with Crippen molar-refractivity contribution in [1.29, 1.82) is 0 Å². The molecule has 0 spiro atoms. The van der Waals surface area contributed by atoms with Crippen LogP contribution < -0.4 is 0 Å². The number of piperidine rings is 1. The number of carbonyl (C=O) groups excluding carboxylic acids is 1. The third kappa shape index (κ3) is 3.86. The van der Waals surface area contributed by atoms with E-state index in [1.807, 2.05) is 35.8 Å². The van der Waals surface area contributed by atoms with Crippen LogP contribution in [-0.4, -0.2) is 33.4 Å². The van der Waals surface area contributed by atoms with Crippen molar-refractivity contribution in [3.05, 3.63) is 54.1 Å². The van der Waals surface area contributed by atoms with Gasteiger partial charge in [-0.2, -0.15) is 0 Å². The van der Waals surface area contributed by atoms with E-state index in [9.17, 15) is 4.79 Å². The maximum atomic E-state index is 12.7. The van der Waals surface area contributed by atoms with E-state index >= 15 is 0 Å². The molecule has 1 aromatic heterocycles. The van der Waals surface area contributed by atoms with Crippen molar-refractivity contribution >= 4 is 5.91 Å². The first-order valence-corrected chi connectivity index (χ1v) is 8.79. The Morgan fingerprint density at radius 1 is 1.17 bits per heavy atom. The Bertz CT molecular complexity index is 660. The van der Waals surface area contributed by atoms with Crippen LogP contribution in [0.4, 0.5) is 0 Å². The predicted octanol–water partition coefficient (Wildman–Crippen LogP) is 3.73. The molecule has 128 valence electrons. The number of benzene rings is 1. The van der Waals surface area contributed by atoms with E-state index in [1.165, 1.54) is 5.56 Å². The lowest BCUT2D eigenvalue weighted by Crippen LogP contribution is -2.39. The molecular formula is C20H27N3O. The molecule has 1 amide bonds. The van der Waals surface area contributed by atoms with Gasteiger partial charge in [0.1, 0.15) is 0 Å². The van der Waals surface area contributed by atoms with Crippen LogP contribution in [0.25, 0.3) is 0 Å². The average Bonchev–Trinajstić information content (AvgIpc) is 3.07. The van der Waals surface area contributed by atoms with Crippen molar-refractivity contribution in [2.45, 2.75) is 45.6 Å². The van der Waals surface area contributed by atoms with Gasteiger partial charge >= 0.3 is 0 Å².